The van der Waals surface area contributed by atoms with Crippen molar-refractivity contribution < 1.29 is 24.2 Å². The lowest BCUT2D eigenvalue weighted by Gasteiger charge is -2.15. The van der Waals surface area contributed by atoms with Gasteiger partial charge in [0.15, 0.2) is 16.7 Å². The molecular formula is C32H25BrN2O5S. The molecule has 1 aliphatic rings. The minimum absolute atomic E-state index is 0.171. The van der Waals surface area contributed by atoms with Gasteiger partial charge in [-0.05, 0) is 100 Å². The molecule has 1 heterocycles. The summed E-state index contributed by atoms with van der Waals surface area (Å²) in [6.45, 7) is 2.52. The SMILES string of the molecule is CCOc1cc(/C=C2/SC(=Nc3ccccc3)N(c3ccccc3)C2=O)cc(Br)c1OCc1ccc(C(=O)O)cc1. The molecule has 0 spiro atoms. The van der Waals surface area contributed by atoms with Crippen molar-refractivity contribution in [1.29, 1.82) is 0 Å². The van der Waals surface area contributed by atoms with E-state index < -0.39 is 5.97 Å². The van der Waals surface area contributed by atoms with Crippen LogP contribution in [0.1, 0.15) is 28.4 Å². The van der Waals surface area contributed by atoms with Gasteiger partial charge in [-0.3, -0.25) is 9.69 Å². The van der Waals surface area contributed by atoms with Crippen LogP contribution < -0.4 is 14.4 Å². The second-order valence-corrected chi connectivity index (χ2v) is 10.7. The van der Waals surface area contributed by atoms with Crippen LogP contribution in [0.25, 0.3) is 6.08 Å². The molecule has 0 saturated carbocycles. The van der Waals surface area contributed by atoms with Crippen LogP contribution in [0.3, 0.4) is 0 Å². The van der Waals surface area contributed by atoms with Crippen molar-refractivity contribution in [3.63, 3.8) is 0 Å². The lowest BCUT2D eigenvalue weighted by atomic mass is 10.1. The van der Waals surface area contributed by atoms with Crippen molar-refractivity contribution >= 4 is 62.2 Å². The first-order chi connectivity index (χ1) is 19.9. The average Bonchev–Trinajstić information content (AvgIpc) is 3.27. The molecular weight excluding hydrogens is 604 g/mol. The first-order valence-electron chi connectivity index (χ1n) is 12.8. The fourth-order valence-electron chi connectivity index (χ4n) is 4.09. The number of amides is 1. The predicted molar refractivity (Wildman–Crippen MR) is 166 cm³/mol. The van der Waals surface area contributed by atoms with Crippen LogP contribution in [0.5, 0.6) is 11.5 Å². The highest BCUT2D eigenvalue weighted by Gasteiger charge is 2.34. The summed E-state index contributed by atoms with van der Waals surface area (Å²) in [6.07, 6.45) is 1.82. The number of halogens is 1. The van der Waals surface area contributed by atoms with Gasteiger partial charge >= 0.3 is 5.97 Å². The minimum atomic E-state index is -0.979. The number of ether oxygens (including phenoxy) is 2. The van der Waals surface area contributed by atoms with E-state index in [2.05, 4.69) is 15.9 Å². The predicted octanol–water partition coefficient (Wildman–Crippen LogP) is 7.93. The second-order valence-electron chi connectivity index (χ2n) is 8.87. The molecule has 0 bridgehead atoms. The maximum Gasteiger partial charge on any atom is 0.335 e. The van der Waals surface area contributed by atoms with Crippen molar-refractivity contribution in [1.82, 2.24) is 0 Å². The number of benzene rings is 4. The Labute approximate surface area is 250 Å². The molecule has 0 atom stereocenters. The Kier molecular flexibility index (Phi) is 8.86. The number of hydrogen-bond acceptors (Lipinski definition) is 6. The lowest BCUT2D eigenvalue weighted by Crippen LogP contribution is -2.28. The Bertz CT molecular complexity index is 1620. The summed E-state index contributed by atoms with van der Waals surface area (Å²) in [5.41, 5.74) is 3.27. The Morgan fingerprint density at radius 1 is 0.976 bits per heavy atom. The van der Waals surface area contributed by atoms with Crippen LogP contribution in [0.4, 0.5) is 11.4 Å². The molecule has 4 aromatic rings. The van der Waals surface area contributed by atoms with E-state index in [4.69, 9.17) is 19.6 Å². The normalized spacial score (nSPS) is 15.0. The lowest BCUT2D eigenvalue weighted by molar-refractivity contribution is -0.113. The number of aromatic carboxylic acids is 1. The van der Waals surface area contributed by atoms with Crippen LogP contribution in [0, 0.1) is 0 Å². The number of para-hydroxylation sites is 2. The first kappa shape index (κ1) is 28.2. The summed E-state index contributed by atoms with van der Waals surface area (Å²) in [4.78, 5) is 31.7. The Morgan fingerprint density at radius 2 is 1.66 bits per heavy atom. The zero-order chi connectivity index (χ0) is 28.8. The first-order valence-corrected chi connectivity index (χ1v) is 14.4. The largest absolute Gasteiger partial charge is 0.490 e. The maximum atomic E-state index is 13.7. The molecule has 0 unspecified atom stereocenters. The van der Waals surface area contributed by atoms with E-state index in [9.17, 15) is 9.59 Å². The summed E-state index contributed by atoms with van der Waals surface area (Å²) in [5.74, 6) is -0.119. The summed E-state index contributed by atoms with van der Waals surface area (Å²) in [7, 11) is 0. The van der Waals surface area contributed by atoms with E-state index in [1.165, 1.54) is 11.8 Å². The third-order valence-corrected chi connectivity index (χ3v) is 7.57. The van der Waals surface area contributed by atoms with Gasteiger partial charge in [-0.2, -0.15) is 0 Å². The number of carboxylic acids is 1. The van der Waals surface area contributed by atoms with Gasteiger partial charge in [0, 0.05) is 0 Å². The van der Waals surface area contributed by atoms with Gasteiger partial charge in [-0.25, -0.2) is 9.79 Å². The molecule has 0 radical (unpaired) electrons. The molecule has 1 N–H and O–H groups in total. The number of anilines is 1. The summed E-state index contributed by atoms with van der Waals surface area (Å²) >= 11 is 4.91. The number of carbonyl (C=O) groups excluding carboxylic acids is 1. The Balaban J connectivity index is 1.44. The van der Waals surface area contributed by atoms with Gasteiger partial charge in [0.1, 0.15) is 6.61 Å². The molecule has 7 nitrogen and oxygen atoms in total. The Morgan fingerprint density at radius 3 is 2.32 bits per heavy atom. The highest BCUT2D eigenvalue weighted by atomic mass is 79.9. The topological polar surface area (TPSA) is 88.4 Å². The number of hydrogen-bond donors (Lipinski definition) is 1. The van der Waals surface area contributed by atoms with E-state index in [-0.39, 0.29) is 18.1 Å². The monoisotopic (exact) mass is 628 g/mol. The van der Waals surface area contributed by atoms with E-state index in [0.717, 1.165) is 22.5 Å². The molecule has 0 aliphatic carbocycles. The van der Waals surface area contributed by atoms with Crippen molar-refractivity contribution in [2.75, 3.05) is 11.5 Å². The summed E-state index contributed by atoms with van der Waals surface area (Å²) in [6, 6.07) is 29.2. The molecule has 1 aliphatic heterocycles. The van der Waals surface area contributed by atoms with E-state index in [1.807, 2.05) is 85.8 Å². The van der Waals surface area contributed by atoms with Gasteiger partial charge in [-0.15, -0.1) is 0 Å². The molecule has 1 saturated heterocycles. The van der Waals surface area contributed by atoms with Gasteiger partial charge < -0.3 is 14.6 Å². The van der Waals surface area contributed by atoms with E-state index in [1.54, 1.807) is 29.2 Å². The molecule has 1 amide bonds. The number of amidine groups is 1. The van der Waals surface area contributed by atoms with Crippen LogP contribution in [-0.2, 0) is 11.4 Å². The van der Waals surface area contributed by atoms with Gasteiger partial charge in [0.25, 0.3) is 5.91 Å². The number of carboxylic acid groups (broad SMARTS) is 1. The number of rotatable bonds is 9. The zero-order valence-electron chi connectivity index (χ0n) is 22.0. The molecule has 5 rings (SSSR count). The third-order valence-electron chi connectivity index (χ3n) is 6.02. The molecule has 0 aromatic heterocycles. The Hall–Kier alpha value is -4.34. The second kappa shape index (κ2) is 12.9. The number of thioether (sulfide) groups is 1. The van der Waals surface area contributed by atoms with Crippen LogP contribution in [-0.4, -0.2) is 28.8 Å². The van der Waals surface area contributed by atoms with E-state index in [0.29, 0.717) is 32.7 Å². The van der Waals surface area contributed by atoms with Gasteiger partial charge in [-0.1, -0.05) is 48.5 Å². The molecule has 9 heteroatoms. The van der Waals surface area contributed by atoms with Gasteiger partial charge in [0.05, 0.1) is 32.9 Å². The standard InChI is InChI=1S/C32H25BrN2O5S/c1-2-39-27-18-22(17-26(33)29(27)40-20-21-13-15-23(16-14-21)31(37)38)19-28-30(36)35(25-11-7-4-8-12-25)32(41-28)34-24-9-5-3-6-10-24/h3-19H,2,20H2,1H3,(H,37,38)/b28-19+,34-32?. The van der Waals surface area contributed by atoms with E-state index >= 15 is 0 Å². The minimum Gasteiger partial charge on any atom is -0.490 e. The molecule has 206 valence electrons. The van der Waals surface area contributed by atoms with Crippen molar-refractivity contribution in [3.8, 4) is 11.5 Å². The molecule has 41 heavy (non-hydrogen) atoms. The average molecular weight is 630 g/mol. The van der Waals surface area contributed by atoms with Crippen LogP contribution in [0.2, 0.25) is 0 Å². The summed E-state index contributed by atoms with van der Waals surface area (Å²) < 4.78 is 12.6. The van der Waals surface area contributed by atoms with Crippen molar-refractivity contribution in [3.05, 3.63) is 123 Å². The molecule has 1 fully saturated rings. The maximum absolute atomic E-state index is 13.7. The fourth-order valence-corrected chi connectivity index (χ4v) is 5.67. The highest BCUT2D eigenvalue weighted by molar-refractivity contribution is 9.10. The number of carbonyl (C=O) groups is 2. The molecule has 4 aromatic carbocycles. The fraction of sp³-hybridized carbons (Fsp3) is 0.0938. The van der Waals surface area contributed by atoms with Crippen LogP contribution >= 0.6 is 27.7 Å². The van der Waals surface area contributed by atoms with Gasteiger partial charge in [0.2, 0.25) is 0 Å². The summed E-state index contributed by atoms with van der Waals surface area (Å²) in [5, 5.41) is 9.69. The number of aliphatic imine (C=N–C) groups is 1. The zero-order valence-corrected chi connectivity index (χ0v) is 24.4. The highest BCUT2D eigenvalue weighted by Crippen LogP contribution is 2.41. The van der Waals surface area contributed by atoms with Crippen molar-refractivity contribution in [2.24, 2.45) is 4.99 Å². The quantitative estimate of drug-likeness (QED) is 0.189. The van der Waals surface area contributed by atoms with Crippen LogP contribution in [0.15, 0.2) is 111 Å². The van der Waals surface area contributed by atoms with Crippen molar-refractivity contribution in [2.45, 2.75) is 13.5 Å². The number of nitrogens with zero attached hydrogens (tertiary/aromatic N) is 2. The smallest absolute Gasteiger partial charge is 0.335 e. The third kappa shape index (κ3) is 6.70.